The van der Waals surface area contributed by atoms with Crippen LogP contribution in [0.25, 0.3) is 10.9 Å². The van der Waals surface area contributed by atoms with Gasteiger partial charge in [-0.2, -0.15) is 5.10 Å². The molecule has 2 bridgehead atoms. The maximum absolute atomic E-state index is 5.50. The van der Waals surface area contributed by atoms with Gasteiger partial charge in [0.25, 0.3) is 0 Å². The maximum Gasteiger partial charge on any atom is 0.0686 e. The van der Waals surface area contributed by atoms with E-state index in [1.165, 1.54) is 48.9 Å². The van der Waals surface area contributed by atoms with E-state index in [9.17, 15) is 0 Å². The third-order valence-electron chi connectivity index (χ3n) is 6.25. The number of fused-ring (bicyclic) bond motifs is 4. The Hall–Kier alpha value is -1.39. The second-order valence-corrected chi connectivity index (χ2v) is 7.50. The van der Waals surface area contributed by atoms with Crippen LogP contribution in [0.15, 0.2) is 24.4 Å². The Bertz CT molecular complexity index is 696. The fourth-order valence-corrected chi connectivity index (χ4v) is 4.83. The maximum atomic E-state index is 5.50. The van der Waals surface area contributed by atoms with Gasteiger partial charge in [-0.25, -0.2) is 0 Å². The Morgan fingerprint density at radius 1 is 1.04 bits per heavy atom. The summed E-state index contributed by atoms with van der Waals surface area (Å²) in [5.74, 6) is 1.48. The molecule has 1 atom stereocenters. The van der Waals surface area contributed by atoms with Gasteiger partial charge in [0, 0.05) is 25.1 Å². The molecule has 4 saturated heterocycles. The number of benzene rings is 1. The summed E-state index contributed by atoms with van der Waals surface area (Å²) in [4.78, 5) is 2.61. The number of nitrogens with zero attached hydrogens (tertiary/aromatic N) is 3. The van der Waals surface area contributed by atoms with Crippen molar-refractivity contribution >= 4 is 10.9 Å². The van der Waals surface area contributed by atoms with Crippen molar-refractivity contribution in [1.82, 2.24) is 14.7 Å². The molecule has 4 nitrogen and oxygen atoms in total. The van der Waals surface area contributed by atoms with Crippen molar-refractivity contribution in [2.45, 2.75) is 37.6 Å². The summed E-state index contributed by atoms with van der Waals surface area (Å²) in [6.07, 6.45) is 7.06. The van der Waals surface area contributed by atoms with Crippen LogP contribution in [0.3, 0.4) is 0 Å². The fraction of sp³-hybridized carbons (Fsp3) is 0.632. The Balaban J connectivity index is 1.47. The predicted octanol–water partition coefficient (Wildman–Crippen LogP) is 3.20. The van der Waals surface area contributed by atoms with Gasteiger partial charge in [0.15, 0.2) is 0 Å². The van der Waals surface area contributed by atoms with E-state index in [1.807, 2.05) is 0 Å². The Morgan fingerprint density at radius 2 is 1.87 bits per heavy atom. The van der Waals surface area contributed by atoms with E-state index in [2.05, 4.69) is 34.0 Å². The molecule has 1 aromatic carbocycles. The average molecular weight is 311 g/mol. The third-order valence-corrected chi connectivity index (χ3v) is 6.25. The lowest BCUT2D eigenvalue weighted by atomic mass is 9.84. The van der Waals surface area contributed by atoms with E-state index in [0.29, 0.717) is 12.0 Å². The molecule has 0 amide bonds. The van der Waals surface area contributed by atoms with Gasteiger partial charge in [0.1, 0.15) is 0 Å². The van der Waals surface area contributed by atoms with Gasteiger partial charge >= 0.3 is 0 Å². The van der Waals surface area contributed by atoms with Gasteiger partial charge in [-0.1, -0.05) is 6.07 Å². The second kappa shape index (κ2) is 5.60. The minimum atomic E-state index is 0.573. The van der Waals surface area contributed by atoms with E-state index in [0.717, 1.165) is 32.0 Å². The van der Waals surface area contributed by atoms with Gasteiger partial charge in [-0.05, 0) is 68.3 Å². The van der Waals surface area contributed by atoms with Gasteiger partial charge in [-0.3, -0.25) is 4.68 Å². The van der Waals surface area contributed by atoms with E-state index >= 15 is 0 Å². The number of hydrogen-bond acceptors (Lipinski definition) is 3. The second-order valence-electron chi connectivity index (χ2n) is 7.50. The molecule has 6 rings (SSSR count). The molecule has 0 unspecified atom stereocenters. The Morgan fingerprint density at radius 3 is 2.61 bits per heavy atom. The van der Waals surface area contributed by atoms with E-state index in [4.69, 9.17) is 9.84 Å². The van der Waals surface area contributed by atoms with Crippen LogP contribution in [0.5, 0.6) is 0 Å². The van der Waals surface area contributed by atoms with Crippen LogP contribution in [-0.4, -0.2) is 47.5 Å². The molecular formula is C19H25N3O. The van der Waals surface area contributed by atoms with E-state index < -0.39 is 0 Å². The monoisotopic (exact) mass is 311 g/mol. The minimum absolute atomic E-state index is 0.573. The van der Waals surface area contributed by atoms with Crippen LogP contribution in [0, 0.1) is 5.92 Å². The first-order chi connectivity index (χ1) is 11.4. The van der Waals surface area contributed by atoms with Crippen LogP contribution in [-0.2, 0) is 4.74 Å². The molecule has 23 heavy (non-hydrogen) atoms. The SMILES string of the molecule is c1cc2c(cnn2[C@@H]2CN3CCC2CC3)cc1C1CCOCC1. The summed E-state index contributed by atoms with van der Waals surface area (Å²) < 4.78 is 7.82. The van der Waals surface area contributed by atoms with Crippen molar-refractivity contribution in [3.05, 3.63) is 30.0 Å². The first kappa shape index (κ1) is 14.0. The standard InChI is InChI=1S/C19H25N3O/c1-2-18-17(11-16(1)14-5-9-23-10-6-14)12-20-22(18)19-13-21-7-3-15(19)4-8-21/h1-2,11-12,14-15,19H,3-10,13H2/t19-/m1/s1. The number of piperidine rings is 3. The normalized spacial score (nSPS) is 31.7. The topological polar surface area (TPSA) is 30.3 Å². The molecule has 122 valence electrons. The summed E-state index contributed by atoms with van der Waals surface area (Å²) in [5.41, 5.74) is 2.79. The number of rotatable bonds is 2. The Labute approximate surface area is 137 Å². The predicted molar refractivity (Wildman–Crippen MR) is 90.7 cm³/mol. The molecule has 0 saturated carbocycles. The largest absolute Gasteiger partial charge is 0.381 e. The van der Waals surface area contributed by atoms with Crippen LogP contribution in [0.4, 0.5) is 0 Å². The summed E-state index contributed by atoms with van der Waals surface area (Å²) in [6, 6.07) is 7.59. The van der Waals surface area contributed by atoms with E-state index in [1.54, 1.807) is 0 Å². The third kappa shape index (κ3) is 2.39. The van der Waals surface area contributed by atoms with Crippen molar-refractivity contribution < 1.29 is 4.74 Å². The molecule has 0 N–H and O–H groups in total. The van der Waals surface area contributed by atoms with Crippen LogP contribution < -0.4 is 0 Å². The Kier molecular flexibility index (Phi) is 3.41. The molecule has 4 aliphatic heterocycles. The minimum Gasteiger partial charge on any atom is -0.381 e. The summed E-state index contributed by atoms with van der Waals surface area (Å²) in [7, 11) is 0. The molecule has 2 aromatic rings. The highest BCUT2D eigenvalue weighted by atomic mass is 16.5. The summed E-state index contributed by atoms with van der Waals surface area (Å²) in [5, 5.41) is 6.10. The molecule has 1 aromatic heterocycles. The average Bonchev–Trinajstić information content (AvgIpc) is 3.06. The molecule has 0 spiro atoms. The molecular weight excluding hydrogens is 286 g/mol. The first-order valence-electron chi connectivity index (χ1n) is 9.16. The number of aromatic nitrogens is 2. The van der Waals surface area contributed by atoms with Crippen molar-refractivity contribution in [3.8, 4) is 0 Å². The highest BCUT2D eigenvalue weighted by Crippen LogP contribution is 2.37. The zero-order valence-corrected chi connectivity index (χ0v) is 13.7. The van der Waals surface area contributed by atoms with Crippen molar-refractivity contribution in [1.29, 1.82) is 0 Å². The lowest BCUT2D eigenvalue weighted by Crippen LogP contribution is -2.48. The smallest absolute Gasteiger partial charge is 0.0686 e. The van der Waals surface area contributed by atoms with Crippen LogP contribution in [0.2, 0.25) is 0 Å². The zero-order chi connectivity index (χ0) is 15.2. The number of hydrogen-bond donors (Lipinski definition) is 0. The van der Waals surface area contributed by atoms with Crippen molar-refractivity contribution in [2.24, 2.45) is 5.92 Å². The molecule has 4 heteroatoms. The summed E-state index contributed by atoms with van der Waals surface area (Å²) in [6.45, 7) is 5.56. The molecule has 4 fully saturated rings. The van der Waals surface area contributed by atoms with Gasteiger partial charge in [0.2, 0.25) is 0 Å². The van der Waals surface area contributed by atoms with Crippen LogP contribution in [0.1, 0.15) is 43.2 Å². The molecule has 5 heterocycles. The van der Waals surface area contributed by atoms with Gasteiger partial charge < -0.3 is 9.64 Å². The number of ether oxygens (including phenoxy) is 1. The van der Waals surface area contributed by atoms with Gasteiger partial charge in [0.05, 0.1) is 17.8 Å². The summed E-state index contributed by atoms with van der Waals surface area (Å²) >= 11 is 0. The van der Waals surface area contributed by atoms with E-state index in [-0.39, 0.29) is 0 Å². The molecule has 4 aliphatic rings. The highest BCUT2D eigenvalue weighted by molar-refractivity contribution is 5.79. The van der Waals surface area contributed by atoms with Crippen molar-refractivity contribution in [3.63, 3.8) is 0 Å². The van der Waals surface area contributed by atoms with Crippen LogP contribution >= 0.6 is 0 Å². The highest BCUT2D eigenvalue weighted by Gasteiger charge is 2.36. The van der Waals surface area contributed by atoms with Gasteiger partial charge in [-0.15, -0.1) is 0 Å². The first-order valence-corrected chi connectivity index (χ1v) is 9.16. The lowest BCUT2D eigenvalue weighted by molar-refractivity contribution is 0.0534. The molecule has 0 radical (unpaired) electrons. The zero-order valence-electron chi connectivity index (χ0n) is 13.7. The van der Waals surface area contributed by atoms with Crippen molar-refractivity contribution in [2.75, 3.05) is 32.8 Å². The quantitative estimate of drug-likeness (QED) is 0.853. The molecule has 0 aliphatic carbocycles. The fourth-order valence-electron chi connectivity index (χ4n) is 4.83. The lowest BCUT2D eigenvalue weighted by Gasteiger charge is -2.44.